The van der Waals surface area contributed by atoms with E-state index < -0.39 is 6.10 Å². The quantitative estimate of drug-likeness (QED) is 0.655. The zero-order valence-electron chi connectivity index (χ0n) is 18.0. The number of rotatable bonds is 10. The molecule has 2 rings (SSSR count). The molecular formula is C23H34NO4+. The molecule has 0 aliphatic carbocycles. The van der Waals surface area contributed by atoms with Crippen molar-refractivity contribution in [2.75, 3.05) is 41.0 Å². The lowest BCUT2D eigenvalue weighted by atomic mass is 10.1. The van der Waals surface area contributed by atoms with Gasteiger partial charge < -0.3 is 24.2 Å². The van der Waals surface area contributed by atoms with Gasteiger partial charge in [0.05, 0.1) is 27.8 Å². The number of likely N-dealkylation sites (N-methyl/N-ethyl adjacent to an activating group) is 1. The van der Waals surface area contributed by atoms with Crippen LogP contribution in [0.3, 0.4) is 0 Å². The molecule has 0 saturated heterocycles. The number of hydrogen-bond acceptors (Lipinski definition) is 4. The SMILES string of the molecule is COc1ccc(CC[NH+](C)C[C@@H](O)COc2c(C)ccc(C)c2C)cc1OC. The Morgan fingerprint density at radius 1 is 0.964 bits per heavy atom. The van der Waals surface area contributed by atoms with Gasteiger partial charge >= 0.3 is 0 Å². The molecule has 5 nitrogen and oxygen atoms in total. The second-order valence-electron chi connectivity index (χ2n) is 7.47. The predicted molar refractivity (Wildman–Crippen MR) is 112 cm³/mol. The van der Waals surface area contributed by atoms with E-state index in [-0.39, 0.29) is 0 Å². The largest absolute Gasteiger partial charge is 0.493 e. The third kappa shape index (κ3) is 5.88. The number of aliphatic hydroxyl groups excluding tert-OH is 1. The Morgan fingerprint density at radius 3 is 2.32 bits per heavy atom. The first-order valence-electron chi connectivity index (χ1n) is 9.75. The minimum atomic E-state index is -0.510. The molecule has 28 heavy (non-hydrogen) atoms. The Balaban J connectivity index is 1.83. The van der Waals surface area contributed by atoms with Gasteiger partial charge in [0.2, 0.25) is 0 Å². The molecule has 0 spiro atoms. The van der Waals surface area contributed by atoms with E-state index in [1.54, 1.807) is 14.2 Å². The number of ether oxygens (including phenoxy) is 3. The molecule has 0 fully saturated rings. The van der Waals surface area contributed by atoms with Gasteiger partial charge in [-0.2, -0.15) is 0 Å². The van der Waals surface area contributed by atoms with Gasteiger partial charge in [-0.25, -0.2) is 0 Å². The number of nitrogens with one attached hydrogen (secondary N) is 1. The summed E-state index contributed by atoms with van der Waals surface area (Å²) in [7, 11) is 5.37. The lowest BCUT2D eigenvalue weighted by Gasteiger charge is -2.20. The first kappa shape index (κ1) is 22.1. The molecule has 0 aromatic heterocycles. The van der Waals surface area contributed by atoms with Crippen LogP contribution >= 0.6 is 0 Å². The van der Waals surface area contributed by atoms with E-state index in [0.717, 1.165) is 41.3 Å². The number of aliphatic hydroxyl groups is 1. The van der Waals surface area contributed by atoms with Crippen LogP contribution < -0.4 is 19.1 Å². The van der Waals surface area contributed by atoms with E-state index >= 15 is 0 Å². The average molecular weight is 389 g/mol. The normalized spacial score (nSPS) is 13.1. The molecule has 0 aliphatic rings. The highest BCUT2D eigenvalue weighted by atomic mass is 16.5. The third-order valence-electron chi connectivity index (χ3n) is 5.17. The van der Waals surface area contributed by atoms with Crippen LogP contribution in [0.5, 0.6) is 17.2 Å². The first-order valence-corrected chi connectivity index (χ1v) is 9.75. The van der Waals surface area contributed by atoms with Crippen molar-refractivity contribution in [1.82, 2.24) is 0 Å². The zero-order chi connectivity index (χ0) is 20.7. The van der Waals surface area contributed by atoms with Gasteiger partial charge in [0.1, 0.15) is 25.0 Å². The molecule has 0 amide bonds. The molecule has 1 unspecified atom stereocenters. The van der Waals surface area contributed by atoms with E-state index in [1.807, 2.05) is 19.1 Å². The summed E-state index contributed by atoms with van der Waals surface area (Å²) < 4.78 is 16.6. The number of hydrogen-bond donors (Lipinski definition) is 2. The van der Waals surface area contributed by atoms with Gasteiger partial charge in [0.15, 0.2) is 11.5 Å². The smallest absolute Gasteiger partial charge is 0.160 e. The van der Waals surface area contributed by atoms with Crippen molar-refractivity contribution < 1.29 is 24.2 Å². The Morgan fingerprint density at radius 2 is 1.64 bits per heavy atom. The Bertz CT molecular complexity index is 775. The van der Waals surface area contributed by atoms with Gasteiger partial charge in [0, 0.05) is 6.42 Å². The molecule has 2 N–H and O–H groups in total. The van der Waals surface area contributed by atoms with E-state index in [0.29, 0.717) is 13.2 Å². The van der Waals surface area contributed by atoms with Crippen LogP contribution in [-0.2, 0) is 6.42 Å². The second kappa shape index (κ2) is 10.3. The molecule has 2 aromatic carbocycles. The summed E-state index contributed by atoms with van der Waals surface area (Å²) in [5.41, 5.74) is 4.63. The van der Waals surface area contributed by atoms with Crippen LogP contribution in [0.25, 0.3) is 0 Å². The summed E-state index contributed by atoms with van der Waals surface area (Å²) in [5.74, 6) is 2.37. The van der Waals surface area contributed by atoms with Gasteiger partial charge in [-0.1, -0.05) is 18.2 Å². The minimum Gasteiger partial charge on any atom is -0.493 e. The number of quaternary nitrogens is 1. The molecule has 5 heteroatoms. The van der Waals surface area contributed by atoms with E-state index in [9.17, 15) is 5.11 Å². The summed E-state index contributed by atoms with van der Waals surface area (Å²) in [5, 5.41) is 10.4. The van der Waals surface area contributed by atoms with Crippen LogP contribution in [0.1, 0.15) is 22.3 Å². The van der Waals surface area contributed by atoms with Crippen molar-refractivity contribution >= 4 is 0 Å². The van der Waals surface area contributed by atoms with E-state index in [4.69, 9.17) is 14.2 Å². The maximum atomic E-state index is 10.4. The summed E-state index contributed by atoms with van der Waals surface area (Å²) in [4.78, 5) is 1.25. The van der Waals surface area contributed by atoms with Gasteiger partial charge in [-0.05, 0) is 55.2 Å². The van der Waals surface area contributed by atoms with Crippen LogP contribution in [0.2, 0.25) is 0 Å². The summed E-state index contributed by atoms with van der Waals surface area (Å²) in [6, 6.07) is 10.1. The van der Waals surface area contributed by atoms with Gasteiger partial charge in [-0.15, -0.1) is 0 Å². The lowest BCUT2D eigenvalue weighted by molar-refractivity contribution is -0.882. The molecule has 2 atom stereocenters. The van der Waals surface area contributed by atoms with Crippen LogP contribution in [-0.4, -0.2) is 52.2 Å². The maximum Gasteiger partial charge on any atom is 0.160 e. The third-order valence-corrected chi connectivity index (χ3v) is 5.17. The number of benzene rings is 2. The average Bonchev–Trinajstić information content (AvgIpc) is 2.69. The van der Waals surface area contributed by atoms with Crippen molar-refractivity contribution in [3.05, 3.63) is 52.6 Å². The minimum absolute atomic E-state index is 0.304. The van der Waals surface area contributed by atoms with Crippen LogP contribution in [0.4, 0.5) is 0 Å². The van der Waals surface area contributed by atoms with Crippen molar-refractivity contribution in [3.63, 3.8) is 0 Å². The summed E-state index contributed by atoms with van der Waals surface area (Å²) in [6.07, 6.45) is 0.389. The standard InChI is InChI=1S/C23H33NO4/c1-16-7-8-17(2)23(18(16)3)28-15-20(25)14-24(4)12-11-19-9-10-21(26-5)22(13-19)27-6/h7-10,13,20,25H,11-12,14-15H2,1-6H3/p+1/t20-/m1/s1. The number of methoxy groups -OCH3 is 2. The Labute approximate surface area is 168 Å². The first-order chi connectivity index (χ1) is 13.3. The summed E-state index contributed by atoms with van der Waals surface area (Å²) in [6.45, 7) is 8.02. The fourth-order valence-electron chi connectivity index (χ4n) is 3.28. The summed E-state index contributed by atoms with van der Waals surface area (Å²) >= 11 is 0. The fourth-order valence-corrected chi connectivity index (χ4v) is 3.28. The predicted octanol–water partition coefficient (Wildman–Crippen LogP) is 2.13. The molecule has 0 heterocycles. The highest BCUT2D eigenvalue weighted by molar-refractivity contribution is 5.44. The van der Waals surface area contributed by atoms with E-state index in [1.165, 1.54) is 16.0 Å². The fraction of sp³-hybridized carbons (Fsp3) is 0.478. The zero-order valence-corrected chi connectivity index (χ0v) is 18.0. The van der Waals surface area contributed by atoms with Crippen molar-refractivity contribution in [2.24, 2.45) is 0 Å². The molecule has 0 aliphatic heterocycles. The molecule has 0 radical (unpaired) electrons. The number of aryl methyl sites for hydroxylation is 2. The molecular weight excluding hydrogens is 354 g/mol. The topological polar surface area (TPSA) is 52.4 Å². The lowest BCUT2D eigenvalue weighted by Crippen LogP contribution is -3.10. The molecule has 0 saturated carbocycles. The van der Waals surface area contributed by atoms with Gasteiger partial charge in [-0.3, -0.25) is 0 Å². The Hall–Kier alpha value is -2.24. The van der Waals surface area contributed by atoms with Gasteiger partial charge in [0.25, 0.3) is 0 Å². The highest BCUT2D eigenvalue weighted by Gasteiger charge is 2.15. The molecule has 0 bridgehead atoms. The van der Waals surface area contributed by atoms with Crippen molar-refractivity contribution in [1.29, 1.82) is 0 Å². The monoisotopic (exact) mass is 388 g/mol. The Kier molecular flexibility index (Phi) is 8.15. The van der Waals surface area contributed by atoms with Crippen molar-refractivity contribution in [3.8, 4) is 17.2 Å². The highest BCUT2D eigenvalue weighted by Crippen LogP contribution is 2.27. The molecule has 154 valence electrons. The van der Waals surface area contributed by atoms with E-state index in [2.05, 4.69) is 39.1 Å². The maximum absolute atomic E-state index is 10.4. The molecule has 2 aromatic rings. The van der Waals surface area contributed by atoms with Crippen molar-refractivity contribution in [2.45, 2.75) is 33.3 Å². The van der Waals surface area contributed by atoms with Crippen LogP contribution in [0.15, 0.2) is 30.3 Å². The second-order valence-corrected chi connectivity index (χ2v) is 7.47. The van der Waals surface area contributed by atoms with Crippen LogP contribution in [0, 0.1) is 20.8 Å².